The van der Waals surface area contributed by atoms with Crippen LogP contribution in [-0.4, -0.2) is 61.0 Å². The third-order valence-electron chi connectivity index (χ3n) is 6.03. The summed E-state index contributed by atoms with van der Waals surface area (Å²) in [7, 11) is 0. The van der Waals surface area contributed by atoms with Crippen molar-refractivity contribution in [3.63, 3.8) is 0 Å². The van der Waals surface area contributed by atoms with Gasteiger partial charge >= 0.3 is 6.03 Å². The molecule has 0 bridgehead atoms. The van der Waals surface area contributed by atoms with E-state index in [-0.39, 0.29) is 11.9 Å². The number of nitrogens with zero attached hydrogens (tertiary/aromatic N) is 3. The van der Waals surface area contributed by atoms with Gasteiger partial charge in [0.25, 0.3) is 0 Å². The van der Waals surface area contributed by atoms with Crippen molar-refractivity contribution in [2.24, 2.45) is 0 Å². The number of amides is 3. The van der Waals surface area contributed by atoms with Crippen molar-refractivity contribution in [3.05, 3.63) is 59.1 Å². The number of likely N-dealkylation sites (tertiary alicyclic amines) is 1. The summed E-state index contributed by atoms with van der Waals surface area (Å²) in [4.78, 5) is 30.9. The smallest absolute Gasteiger partial charge is 0.321 e. The van der Waals surface area contributed by atoms with Crippen LogP contribution in [-0.2, 0) is 11.2 Å². The van der Waals surface area contributed by atoms with E-state index in [4.69, 9.17) is 11.6 Å². The molecule has 2 aromatic rings. The van der Waals surface area contributed by atoms with Gasteiger partial charge in [-0.3, -0.25) is 4.79 Å². The van der Waals surface area contributed by atoms with Gasteiger partial charge in [0.1, 0.15) is 0 Å². The Morgan fingerprint density at radius 2 is 1.58 bits per heavy atom. The molecular weight excluding hydrogens is 412 g/mol. The van der Waals surface area contributed by atoms with Crippen molar-refractivity contribution in [1.82, 2.24) is 9.80 Å². The average molecular weight is 441 g/mol. The van der Waals surface area contributed by atoms with Gasteiger partial charge in [-0.2, -0.15) is 0 Å². The zero-order chi connectivity index (χ0) is 21.6. The fraction of sp³-hybridized carbons (Fsp3) is 0.417. The molecule has 7 heteroatoms. The number of halogens is 1. The molecule has 2 aliphatic heterocycles. The molecule has 2 aliphatic rings. The summed E-state index contributed by atoms with van der Waals surface area (Å²) in [5.74, 6) is 0.242. The first-order chi connectivity index (χ1) is 15.1. The molecule has 31 heavy (non-hydrogen) atoms. The van der Waals surface area contributed by atoms with Crippen molar-refractivity contribution in [2.75, 3.05) is 49.5 Å². The Balaban J connectivity index is 1.23. The van der Waals surface area contributed by atoms with Crippen LogP contribution < -0.4 is 10.2 Å². The second-order valence-corrected chi connectivity index (χ2v) is 8.61. The quantitative estimate of drug-likeness (QED) is 0.756. The molecule has 0 saturated carbocycles. The lowest BCUT2D eigenvalue weighted by Crippen LogP contribution is -2.50. The fourth-order valence-electron chi connectivity index (χ4n) is 4.17. The van der Waals surface area contributed by atoms with Crippen LogP contribution in [0, 0.1) is 0 Å². The summed E-state index contributed by atoms with van der Waals surface area (Å²) in [6, 6.07) is 15.5. The van der Waals surface area contributed by atoms with Gasteiger partial charge in [0, 0.05) is 62.1 Å². The second kappa shape index (κ2) is 10.1. The first kappa shape index (κ1) is 21.5. The Morgan fingerprint density at radius 1 is 0.871 bits per heavy atom. The van der Waals surface area contributed by atoms with E-state index in [0.29, 0.717) is 19.5 Å². The van der Waals surface area contributed by atoms with E-state index in [2.05, 4.69) is 10.2 Å². The van der Waals surface area contributed by atoms with E-state index in [1.165, 1.54) is 0 Å². The Bertz CT molecular complexity index is 904. The van der Waals surface area contributed by atoms with E-state index in [9.17, 15) is 9.59 Å². The first-order valence-electron chi connectivity index (χ1n) is 11.0. The number of carbonyl (C=O) groups excluding carboxylic acids is 2. The molecule has 0 radical (unpaired) electrons. The van der Waals surface area contributed by atoms with Gasteiger partial charge in [0.05, 0.1) is 0 Å². The molecule has 0 unspecified atom stereocenters. The molecule has 2 aromatic carbocycles. The molecule has 0 aromatic heterocycles. The molecule has 2 saturated heterocycles. The predicted octanol–water partition coefficient (Wildman–Crippen LogP) is 4.25. The number of aryl methyl sites for hydroxylation is 1. The van der Waals surface area contributed by atoms with E-state index >= 15 is 0 Å². The third kappa shape index (κ3) is 5.70. The molecule has 0 spiro atoms. The van der Waals surface area contributed by atoms with Gasteiger partial charge < -0.3 is 20.0 Å². The summed E-state index contributed by atoms with van der Waals surface area (Å²) in [6.07, 6.45) is 3.52. The highest BCUT2D eigenvalue weighted by Crippen LogP contribution is 2.21. The number of nitrogens with one attached hydrogen (secondary N) is 1. The summed E-state index contributed by atoms with van der Waals surface area (Å²) in [6.45, 7) is 4.67. The lowest BCUT2D eigenvalue weighted by Gasteiger charge is -2.36. The predicted molar refractivity (Wildman–Crippen MR) is 125 cm³/mol. The number of benzene rings is 2. The number of anilines is 2. The number of piperazine rings is 1. The standard InChI is InChI=1S/C24H29ClN4O2/c25-20-4-3-5-22(18-20)27-14-16-29(17-15-27)24(31)26-21-9-6-19(7-10-21)8-11-23(30)28-12-1-2-13-28/h3-7,9-10,18H,1-2,8,11-17H2,(H,26,31). The van der Waals surface area contributed by atoms with Crippen molar-refractivity contribution < 1.29 is 9.59 Å². The van der Waals surface area contributed by atoms with Gasteiger partial charge in [-0.25, -0.2) is 4.79 Å². The summed E-state index contributed by atoms with van der Waals surface area (Å²) >= 11 is 6.09. The maximum atomic E-state index is 12.6. The van der Waals surface area contributed by atoms with Crippen LogP contribution in [0.4, 0.5) is 16.2 Å². The molecule has 1 N–H and O–H groups in total. The molecular formula is C24H29ClN4O2. The Morgan fingerprint density at radius 3 is 2.26 bits per heavy atom. The SMILES string of the molecule is O=C(CCc1ccc(NC(=O)N2CCN(c3cccc(Cl)c3)CC2)cc1)N1CCCC1. The highest BCUT2D eigenvalue weighted by molar-refractivity contribution is 6.30. The fourth-order valence-corrected chi connectivity index (χ4v) is 4.36. The molecule has 3 amide bonds. The highest BCUT2D eigenvalue weighted by atomic mass is 35.5. The zero-order valence-electron chi connectivity index (χ0n) is 17.7. The van der Waals surface area contributed by atoms with Crippen LogP contribution in [0.5, 0.6) is 0 Å². The molecule has 2 fully saturated rings. The average Bonchev–Trinajstić information content (AvgIpc) is 3.34. The van der Waals surface area contributed by atoms with Gasteiger partial charge in [0.2, 0.25) is 5.91 Å². The van der Waals surface area contributed by atoms with E-state index in [1.807, 2.05) is 58.3 Å². The monoisotopic (exact) mass is 440 g/mol. The number of urea groups is 1. The minimum Gasteiger partial charge on any atom is -0.368 e. The van der Waals surface area contributed by atoms with Gasteiger partial charge in [-0.1, -0.05) is 29.8 Å². The van der Waals surface area contributed by atoms with E-state index in [0.717, 1.165) is 67.4 Å². The third-order valence-corrected chi connectivity index (χ3v) is 6.27. The van der Waals surface area contributed by atoms with Crippen LogP contribution in [0.25, 0.3) is 0 Å². The Labute approximate surface area is 188 Å². The Hall–Kier alpha value is -2.73. The van der Waals surface area contributed by atoms with Crippen LogP contribution >= 0.6 is 11.6 Å². The summed E-state index contributed by atoms with van der Waals surface area (Å²) in [5, 5.41) is 3.71. The lowest BCUT2D eigenvalue weighted by atomic mass is 10.1. The summed E-state index contributed by atoms with van der Waals surface area (Å²) < 4.78 is 0. The summed E-state index contributed by atoms with van der Waals surface area (Å²) in [5.41, 5.74) is 2.98. The molecule has 6 nitrogen and oxygen atoms in total. The molecule has 0 aliphatic carbocycles. The van der Waals surface area contributed by atoms with Crippen molar-refractivity contribution in [2.45, 2.75) is 25.7 Å². The van der Waals surface area contributed by atoms with Crippen LogP contribution in [0.3, 0.4) is 0 Å². The first-order valence-corrected chi connectivity index (χ1v) is 11.4. The normalized spacial score (nSPS) is 16.5. The molecule has 4 rings (SSSR count). The zero-order valence-corrected chi connectivity index (χ0v) is 18.5. The number of carbonyl (C=O) groups is 2. The number of rotatable bonds is 5. The van der Waals surface area contributed by atoms with Crippen LogP contribution in [0.15, 0.2) is 48.5 Å². The minimum atomic E-state index is -0.0808. The van der Waals surface area contributed by atoms with Crippen molar-refractivity contribution >= 4 is 34.9 Å². The maximum absolute atomic E-state index is 12.6. The van der Waals surface area contributed by atoms with Gasteiger partial charge in [-0.05, 0) is 55.2 Å². The van der Waals surface area contributed by atoms with Gasteiger partial charge in [0.15, 0.2) is 0 Å². The van der Waals surface area contributed by atoms with Gasteiger partial charge in [-0.15, -0.1) is 0 Å². The van der Waals surface area contributed by atoms with Crippen molar-refractivity contribution in [3.8, 4) is 0 Å². The highest BCUT2D eigenvalue weighted by Gasteiger charge is 2.21. The topological polar surface area (TPSA) is 55.9 Å². The second-order valence-electron chi connectivity index (χ2n) is 8.17. The maximum Gasteiger partial charge on any atom is 0.321 e. The van der Waals surface area contributed by atoms with Crippen molar-refractivity contribution in [1.29, 1.82) is 0 Å². The lowest BCUT2D eigenvalue weighted by molar-refractivity contribution is -0.130. The molecule has 2 heterocycles. The number of hydrogen-bond donors (Lipinski definition) is 1. The minimum absolute atomic E-state index is 0.0808. The molecule has 0 atom stereocenters. The van der Waals surface area contributed by atoms with Crippen LogP contribution in [0.2, 0.25) is 5.02 Å². The van der Waals surface area contributed by atoms with E-state index in [1.54, 1.807) is 0 Å². The largest absolute Gasteiger partial charge is 0.368 e. The Kier molecular flexibility index (Phi) is 6.97. The molecule has 164 valence electrons. The van der Waals surface area contributed by atoms with E-state index < -0.39 is 0 Å². The number of hydrogen-bond acceptors (Lipinski definition) is 3. The van der Waals surface area contributed by atoms with Crippen LogP contribution in [0.1, 0.15) is 24.8 Å².